The molecule has 32 heavy (non-hydrogen) atoms. The van der Waals surface area contributed by atoms with Crippen molar-refractivity contribution in [2.24, 2.45) is 5.41 Å². The first-order valence-electron chi connectivity index (χ1n) is 13.0. The van der Waals surface area contributed by atoms with Crippen molar-refractivity contribution >= 4 is 16.1 Å². The van der Waals surface area contributed by atoms with E-state index in [1.54, 1.807) is 30.3 Å². The first-order valence-corrected chi connectivity index (χ1v) is 11.9. The van der Waals surface area contributed by atoms with Gasteiger partial charge in [0.15, 0.2) is 0 Å². The van der Waals surface area contributed by atoms with Crippen LogP contribution in [0.3, 0.4) is 0 Å². The third kappa shape index (κ3) is 4.36. The molecule has 1 saturated heterocycles. The highest BCUT2D eigenvalue weighted by Crippen LogP contribution is 2.55. The lowest BCUT2D eigenvalue weighted by Gasteiger charge is -2.31. The van der Waals surface area contributed by atoms with Gasteiger partial charge < -0.3 is 9.80 Å². The molecule has 0 bridgehead atoms. The summed E-state index contributed by atoms with van der Waals surface area (Å²) in [5.41, 5.74) is -0.605. The van der Waals surface area contributed by atoms with Crippen molar-refractivity contribution < 1.29 is 30.2 Å². The van der Waals surface area contributed by atoms with Gasteiger partial charge in [0, 0.05) is 45.7 Å². The quantitative estimate of drug-likeness (QED) is 0.731. The van der Waals surface area contributed by atoms with E-state index >= 15 is 4.39 Å². The maximum atomic E-state index is 15.7. The normalized spacial score (nSPS) is 25.3. The Morgan fingerprint density at radius 3 is 2.53 bits per heavy atom. The van der Waals surface area contributed by atoms with Gasteiger partial charge in [0.2, 0.25) is 10.0 Å². The molecule has 2 aromatic rings. The number of nitrogens with one attached hydrogen (secondary N) is 1. The van der Waals surface area contributed by atoms with Crippen molar-refractivity contribution in [3.8, 4) is 11.1 Å². The summed E-state index contributed by atoms with van der Waals surface area (Å²) in [4.78, 5) is 14.3. The zero-order valence-corrected chi connectivity index (χ0v) is 18.1. The molecule has 2 aromatic carbocycles. The highest BCUT2D eigenvalue weighted by Gasteiger charge is 2.61. The Hall–Kier alpha value is -2.52. The van der Waals surface area contributed by atoms with Gasteiger partial charge in [0.05, 0.1) is 12.3 Å². The molecule has 172 valence electrons. The Morgan fingerprint density at radius 2 is 1.94 bits per heavy atom. The fourth-order valence-electron chi connectivity index (χ4n) is 4.62. The number of nitrogens with zero attached hydrogens (tertiary/aromatic N) is 2. The number of carbonyl (C=O) groups is 1. The average Bonchev–Trinajstić information content (AvgIpc) is 3.49. The van der Waals surface area contributed by atoms with Crippen LogP contribution in [0.5, 0.6) is 0 Å². The number of carbonyl (C=O) groups excluding carboxylic acids is 1. The molecule has 0 aromatic heterocycles. The second-order valence-electron chi connectivity index (χ2n) is 8.54. The Bertz CT molecular complexity index is 1320. The van der Waals surface area contributed by atoms with Crippen LogP contribution in [0, 0.1) is 17.0 Å². The smallest absolute Gasteiger partial charge is 0.319 e. The van der Waals surface area contributed by atoms with Gasteiger partial charge in [0.1, 0.15) is 11.6 Å². The summed E-state index contributed by atoms with van der Waals surface area (Å²) in [5, 5.41) is 0. The van der Waals surface area contributed by atoms with E-state index in [2.05, 4.69) is 4.72 Å². The standard InChI is InChI=1S/C23H27F2N3O3S/c1-27(2)22(29)28-14-23(9-10-23)21(26-32(3,30)31)19(28)12-16-11-17(24)13-18(20(16)25)15-7-5-4-6-8-15/h4-8,11,13,19,21,26H,9-10,12,14H2,1-3H3/t19-,21+/m0/s1/i1D3,2D3. The lowest BCUT2D eigenvalue weighted by atomic mass is 9.91. The van der Waals surface area contributed by atoms with E-state index in [-0.39, 0.29) is 29.0 Å². The largest absolute Gasteiger partial charge is 0.331 e. The first-order chi connectivity index (χ1) is 17.4. The molecule has 2 atom stereocenters. The van der Waals surface area contributed by atoms with Crippen LogP contribution >= 0.6 is 0 Å². The summed E-state index contributed by atoms with van der Waals surface area (Å²) in [7, 11) is -3.85. The van der Waals surface area contributed by atoms with Crippen LogP contribution < -0.4 is 4.72 Å². The highest BCUT2D eigenvalue weighted by atomic mass is 32.2. The molecule has 9 heteroatoms. The second-order valence-corrected chi connectivity index (χ2v) is 10.3. The van der Waals surface area contributed by atoms with E-state index in [9.17, 15) is 17.6 Å². The summed E-state index contributed by atoms with van der Waals surface area (Å²) in [5.74, 6) is -1.56. The van der Waals surface area contributed by atoms with E-state index in [1.807, 2.05) is 0 Å². The molecule has 1 N–H and O–H groups in total. The van der Waals surface area contributed by atoms with Crippen molar-refractivity contribution in [2.45, 2.75) is 31.3 Å². The van der Waals surface area contributed by atoms with Crippen molar-refractivity contribution in [1.82, 2.24) is 14.5 Å². The summed E-state index contributed by atoms with van der Waals surface area (Å²) in [6, 6.07) is 6.62. The zero-order valence-electron chi connectivity index (χ0n) is 23.3. The van der Waals surface area contributed by atoms with Gasteiger partial charge in [-0.2, -0.15) is 0 Å². The van der Waals surface area contributed by atoms with Gasteiger partial charge in [-0.1, -0.05) is 30.3 Å². The molecule has 0 radical (unpaired) electrons. The molecular weight excluding hydrogens is 436 g/mol. The predicted octanol–water partition coefficient (Wildman–Crippen LogP) is 3.24. The van der Waals surface area contributed by atoms with Crippen LogP contribution in [-0.4, -0.2) is 63.1 Å². The van der Waals surface area contributed by atoms with Gasteiger partial charge in [-0.05, 0) is 42.5 Å². The van der Waals surface area contributed by atoms with Crippen LogP contribution in [0.15, 0.2) is 42.5 Å². The van der Waals surface area contributed by atoms with Crippen LogP contribution in [0.25, 0.3) is 11.1 Å². The first kappa shape index (κ1) is 16.1. The minimum atomic E-state index is -3.85. The maximum Gasteiger partial charge on any atom is 0.319 e. The number of hydrogen-bond donors (Lipinski definition) is 1. The highest BCUT2D eigenvalue weighted by molar-refractivity contribution is 7.88. The van der Waals surface area contributed by atoms with Crippen molar-refractivity contribution in [1.29, 1.82) is 0 Å². The van der Waals surface area contributed by atoms with Crippen LogP contribution in [-0.2, 0) is 16.4 Å². The molecular formula is C23H27F2N3O3S. The Kier molecular flexibility index (Phi) is 4.10. The van der Waals surface area contributed by atoms with E-state index in [0.717, 1.165) is 23.3 Å². The van der Waals surface area contributed by atoms with Crippen LogP contribution in [0.2, 0.25) is 0 Å². The number of rotatable bonds is 5. The third-order valence-electron chi connectivity index (χ3n) is 6.23. The van der Waals surface area contributed by atoms with Crippen LogP contribution in [0.4, 0.5) is 13.6 Å². The maximum absolute atomic E-state index is 15.7. The molecule has 2 aliphatic rings. The molecule has 1 saturated carbocycles. The Balaban J connectivity index is 1.81. The van der Waals surface area contributed by atoms with E-state index < -0.39 is 59.1 Å². The van der Waals surface area contributed by atoms with E-state index in [1.165, 1.54) is 0 Å². The second kappa shape index (κ2) is 8.12. The molecule has 2 fully saturated rings. The molecule has 1 aliphatic heterocycles. The van der Waals surface area contributed by atoms with Crippen LogP contribution in [0.1, 0.15) is 26.6 Å². The minimum absolute atomic E-state index is 0.0446. The third-order valence-corrected chi connectivity index (χ3v) is 6.91. The molecule has 1 heterocycles. The fourth-order valence-corrected chi connectivity index (χ4v) is 5.49. The SMILES string of the molecule is [2H]C([2H])([2H])N(C(=O)N1CC2(CC2)[C@H](NS(C)(=O)=O)[C@@H]1Cc1cc(F)cc(-c2ccccc2)c1F)C([2H])([2H])[2H]. The monoisotopic (exact) mass is 469 g/mol. The number of sulfonamides is 1. The number of benzene rings is 2. The molecule has 6 nitrogen and oxygen atoms in total. The number of halogens is 2. The minimum Gasteiger partial charge on any atom is -0.331 e. The van der Waals surface area contributed by atoms with Gasteiger partial charge in [0.25, 0.3) is 0 Å². The Labute approximate surface area is 195 Å². The lowest BCUT2D eigenvalue weighted by Crippen LogP contribution is -2.51. The summed E-state index contributed by atoms with van der Waals surface area (Å²) < 4.78 is 103. The number of amides is 2. The summed E-state index contributed by atoms with van der Waals surface area (Å²) in [6.07, 6.45) is 1.48. The molecule has 0 unspecified atom stereocenters. The van der Waals surface area contributed by atoms with E-state index in [0.29, 0.717) is 18.4 Å². The molecule has 1 aliphatic carbocycles. The molecule has 1 spiro atoms. The zero-order chi connectivity index (χ0) is 28.3. The molecule has 4 rings (SSSR count). The van der Waals surface area contributed by atoms with Crippen molar-refractivity contribution in [3.05, 3.63) is 59.7 Å². The van der Waals surface area contributed by atoms with Crippen molar-refractivity contribution in [2.75, 3.05) is 26.8 Å². The van der Waals surface area contributed by atoms with Crippen molar-refractivity contribution in [3.63, 3.8) is 0 Å². The van der Waals surface area contributed by atoms with E-state index in [4.69, 9.17) is 8.22 Å². The van der Waals surface area contributed by atoms with Gasteiger partial charge in [-0.15, -0.1) is 0 Å². The Morgan fingerprint density at radius 1 is 1.25 bits per heavy atom. The fraction of sp³-hybridized carbons (Fsp3) is 0.435. The lowest BCUT2D eigenvalue weighted by molar-refractivity contribution is 0.162. The summed E-state index contributed by atoms with van der Waals surface area (Å²) >= 11 is 0. The van der Waals surface area contributed by atoms with Gasteiger partial charge in [-0.25, -0.2) is 26.7 Å². The number of hydrogen-bond acceptors (Lipinski definition) is 3. The number of urea groups is 1. The number of likely N-dealkylation sites (tertiary alicyclic amines) is 1. The topological polar surface area (TPSA) is 69.7 Å². The predicted molar refractivity (Wildman–Crippen MR) is 119 cm³/mol. The summed E-state index contributed by atoms with van der Waals surface area (Å²) in [6.45, 7) is -6.82. The molecule has 2 amide bonds. The average molecular weight is 470 g/mol. The van der Waals surface area contributed by atoms with Gasteiger partial charge in [-0.3, -0.25) is 0 Å². The van der Waals surface area contributed by atoms with Gasteiger partial charge >= 0.3 is 6.03 Å².